The zero-order valence-electron chi connectivity index (χ0n) is 18.3. The van der Waals surface area contributed by atoms with Gasteiger partial charge in [-0.3, -0.25) is 4.57 Å². The van der Waals surface area contributed by atoms with Gasteiger partial charge in [0.1, 0.15) is 24.4 Å². The van der Waals surface area contributed by atoms with Gasteiger partial charge in [-0.05, 0) is 41.5 Å². The summed E-state index contributed by atoms with van der Waals surface area (Å²) in [6.45, 7) is 11.2. The van der Waals surface area contributed by atoms with E-state index < -0.39 is 0 Å². The van der Waals surface area contributed by atoms with Crippen molar-refractivity contribution >= 4 is 11.0 Å². The average Bonchev–Trinajstić information content (AvgIpc) is 3.12. The molecule has 0 radical (unpaired) electrons. The SMILES string of the molecule is Cc1ccccc1-c1c2c(cc[n+]1C)ncn2-c1c(C(C)C)cccc1C(C)C. The lowest BCUT2D eigenvalue weighted by Gasteiger charge is -2.21. The summed E-state index contributed by atoms with van der Waals surface area (Å²) in [6.07, 6.45) is 4.11. The molecule has 148 valence electrons. The quantitative estimate of drug-likeness (QED) is 0.391. The first-order valence-corrected chi connectivity index (χ1v) is 10.4. The van der Waals surface area contributed by atoms with Crippen molar-refractivity contribution in [1.82, 2.24) is 9.55 Å². The first-order valence-electron chi connectivity index (χ1n) is 10.4. The zero-order chi connectivity index (χ0) is 20.7. The molecule has 0 N–H and O–H groups in total. The molecule has 0 aliphatic carbocycles. The number of para-hydroxylation sites is 1. The molecule has 4 aromatic rings. The molecule has 0 unspecified atom stereocenters. The van der Waals surface area contributed by atoms with Crippen LogP contribution >= 0.6 is 0 Å². The van der Waals surface area contributed by atoms with E-state index in [1.165, 1.54) is 39.2 Å². The van der Waals surface area contributed by atoms with E-state index in [2.05, 4.69) is 106 Å². The molecule has 2 aromatic heterocycles. The summed E-state index contributed by atoms with van der Waals surface area (Å²) in [6, 6.07) is 17.4. The molecular weight excluding hydrogens is 354 g/mol. The number of hydrogen-bond donors (Lipinski definition) is 0. The largest absolute Gasteiger partial charge is 0.293 e. The number of aromatic nitrogens is 3. The minimum atomic E-state index is 0.431. The maximum atomic E-state index is 4.80. The van der Waals surface area contributed by atoms with E-state index >= 15 is 0 Å². The van der Waals surface area contributed by atoms with Crippen LogP contribution in [-0.4, -0.2) is 9.55 Å². The Kier molecular flexibility index (Phi) is 4.99. The van der Waals surface area contributed by atoms with E-state index in [9.17, 15) is 0 Å². The monoisotopic (exact) mass is 384 g/mol. The third kappa shape index (κ3) is 3.25. The van der Waals surface area contributed by atoms with Crippen molar-refractivity contribution in [3.05, 3.63) is 77.7 Å². The van der Waals surface area contributed by atoms with Gasteiger partial charge in [0.05, 0.1) is 11.3 Å². The molecule has 3 heteroatoms. The predicted octanol–water partition coefficient (Wildman–Crippen LogP) is 6.07. The van der Waals surface area contributed by atoms with Crippen LogP contribution in [0, 0.1) is 6.92 Å². The first-order chi connectivity index (χ1) is 13.9. The van der Waals surface area contributed by atoms with Crippen LogP contribution in [0.25, 0.3) is 28.0 Å². The van der Waals surface area contributed by atoms with E-state index in [1.807, 2.05) is 6.33 Å². The Hall–Kier alpha value is -2.94. The summed E-state index contributed by atoms with van der Waals surface area (Å²) in [7, 11) is 2.12. The average molecular weight is 385 g/mol. The van der Waals surface area contributed by atoms with Gasteiger partial charge >= 0.3 is 0 Å². The van der Waals surface area contributed by atoms with Crippen LogP contribution in [0.3, 0.4) is 0 Å². The van der Waals surface area contributed by atoms with E-state index in [1.54, 1.807) is 0 Å². The number of hydrogen-bond acceptors (Lipinski definition) is 1. The Morgan fingerprint density at radius 1 is 0.862 bits per heavy atom. The Bertz CT molecular complexity index is 1160. The molecule has 0 saturated carbocycles. The van der Waals surface area contributed by atoms with Gasteiger partial charge in [-0.2, -0.15) is 4.57 Å². The van der Waals surface area contributed by atoms with Gasteiger partial charge in [-0.1, -0.05) is 64.1 Å². The summed E-state index contributed by atoms with van der Waals surface area (Å²) in [5, 5.41) is 0. The van der Waals surface area contributed by atoms with Gasteiger partial charge in [0.15, 0.2) is 6.20 Å². The smallest absolute Gasteiger partial charge is 0.239 e. The lowest BCUT2D eigenvalue weighted by atomic mass is 9.92. The van der Waals surface area contributed by atoms with Gasteiger partial charge in [0.25, 0.3) is 0 Å². The second-order valence-electron chi connectivity index (χ2n) is 8.53. The number of imidazole rings is 1. The second kappa shape index (κ2) is 7.47. The van der Waals surface area contributed by atoms with Gasteiger partial charge in [0.2, 0.25) is 5.69 Å². The molecule has 0 amide bonds. The van der Waals surface area contributed by atoms with Crippen LogP contribution < -0.4 is 4.57 Å². The number of fused-ring (bicyclic) bond motifs is 1. The topological polar surface area (TPSA) is 21.7 Å². The third-order valence-electron chi connectivity index (χ3n) is 5.81. The Morgan fingerprint density at radius 3 is 2.14 bits per heavy atom. The number of nitrogens with zero attached hydrogens (tertiary/aromatic N) is 3. The van der Waals surface area contributed by atoms with Gasteiger partial charge in [-0.15, -0.1) is 0 Å². The number of pyridine rings is 1. The van der Waals surface area contributed by atoms with Crippen LogP contribution in [0.2, 0.25) is 0 Å². The summed E-state index contributed by atoms with van der Waals surface area (Å²) < 4.78 is 4.54. The second-order valence-corrected chi connectivity index (χ2v) is 8.53. The van der Waals surface area contributed by atoms with E-state index in [4.69, 9.17) is 4.98 Å². The minimum Gasteiger partial charge on any atom is -0.293 e. The van der Waals surface area contributed by atoms with E-state index in [0.717, 1.165) is 5.52 Å². The Balaban J connectivity index is 2.14. The fourth-order valence-electron chi connectivity index (χ4n) is 4.26. The molecule has 3 nitrogen and oxygen atoms in total. The fourth-order valence-corrected chi connectivity index (χ4v) is 4.26. The molecule has 0 saturated heterocycles. The maximum absolute atomic E-state index is 4.80. The molecule has 0 fully saturated rings. The molecule has 0 aliphatic rings. The Labute approximate surface area is 173 Å². The molecule has 0 bridgehead atoms. The van der Waals surface area contributed by atoms with Crippen LogP contribution in [0.4, 0.5) is 0 Å². The van der Waals surface area contributed by atoms with Crippen molar-refractivity contribution in [3.8, 4) is 16.9 Å². The predicted molar refractivity (Wildman–Crippen MR) is 121 cm³/mol. The normalized spacial score (nSPS) is 11.7. The van der Waals surface area contributed by atoms with Crippen LogP contribution in [0.5, 0.6) is 0 Å². The van der Waals surface area contributed by atoms with Gasteiger partial charge < -0.3 is 0 Å². The fraction of sp³-hybridized carbons (Fsp3) is 0.308. The Morgan fingerprint density at radius 2 is 1.52 bits per heavy atom. The molecule has 0 spiro atoms. The third-order valence-corrected chi connectivity index (χ3v) is 5.81. The lowest BCUT2D eigenvalue weighted by molar-refractivity contribution is -0.659. The van der Waals surface area contributed by atoms with E-state index in [0.29, 0.717) is 11.8 Å². The molecular formula is C26H30N3+. The minimum absolute atomic E-state index is 0.431. The van der Waals surface area contributed by atoms with Crippen LogP contribution in [-0.2, 0) is 7.05 Å². The highest BCUT2D eigenvalue weighted by Gasteiger charge is 2.24. The highest BCUT2D eigenvalue weighted by molar-refractivity contribution is 5.90. The highest BCUT2D eigenvalue weighted by Crippen LogP contribution is 2.35. The van der Waals surface area contributed by atoms with Gasteiger partial charge in [-0.25, -0.2) is 4.98 Å². The van der Waals surface area contributed by atoms with Crippen molar-refractivity contribution in [1.29, 1.82) is 0 Å². The summed E-state index contributed by atoms with van der Waals surface area (Å²) >= 11 is 0. The lowest BCUT2D eigenvalue weighted by Crippen LogP contribution is -2.31. The number of aryl methyl sites for hydroxylation is 2. The van der Waals surface area contributed by atoms with Crippen molar-refractivity contribution in [2.45, 2.75) is 46.5 Å². The van der Waals surface area contributed by atoms with Crippen LogP contribution in [0.15, 0.2) is 61.1 Å². The molecule has 0 atom stereocenters. The summed E-state index contributed by atoms with van der Waals surface area (Å²) in [5.74, 6) is 0.862. The summed E-state index contributed by atoms with van der Waals surface area (Å²) in [5.41, 5.74) is 9.90. The maximum Gasteiger partial charge on any atom is 0.239 e. The number of benzene rings is 2. The first kappa shape index (κ1) is 19.4. The van der Waals surface area contributed by atoms with Crippen molar-refractivity contribution in [2.75, 3.05) is 0 Å². The van der Waals surface area contributed by atoms with Crippen LogP contribution in [0.1, 0.15) is 56.2 Å². The number of rotatable bonds is 4. The van der Waals surface area contributed by atoms with Crippen molar-refractivity contribution in [3.63, 3.8) is 0 Å². The molecule has 2 heterocycles. The molecule has 4 rings (SSSR count). The molecule has 0 aliphatic heterocycles. The van der Waals surface area contributed by atoms with E-state index in [-0.39, 0.29) is 0 Å². The molecule has 2 aromatic carbocycles. The standard InChI is InChI=1S/C26H30N3/c1-17(2)20-12-9-13-21(18(3)4)24(20)29-16-27-23-14-15-28(6)25(26(23)29)22-11-8-7-10-19(22)5/h7-18H,1-6H3/q+1. The summed E-state index contributed by atoms with van der Waals surface area (Å²) in [4.78, 5) is 4.80. The van der Waals surface area contributed by atoms with Crippen molar-refractivity contribution < 1.29 is 4.57 Å². The molecule has 29 heavy (non-hydrogen) atoms. The zero-order valence-corrected chi connectivity index (χ0v) is 18.3. The highest BCUT2D eigenvalue weighted by atomic mass is 15.1. The van der Waals surface area contributed by atoms with Crippen molar-refractivity contribution in [2.24, 2.45) is 7.05 Å². The van der Waals surface area contributed by atoms with Gasteiger partial charge in [0, 0.05) is 6.07 Å².